The smallest absolute Gasteiger partial charge is 0.206 e. The second-order valence-corrected chi connectivity index (χ2v) is 12.6. The average Bonchev–Trinajstić information content (AvgIpc) is 3.24. The van der Waals surface area contributed by atoms with Crippen LogP contribution >= 0.6 is 0 Å². The van der Waals surface area contributed by atoms with Gasteiger partial charge in [0.15, 0.2) is 0 Å². The Balaban J connectivity index is -0.0000000768. The Morgan fingerprint density at radius 2 is 0.585 bits per heavy atom. The van der Waals surface area contributed by atoms with Crippen molar-refractivity contribution < 1.29 is 26.3 Å². The number of ether oxygens (including phenoxy) is 2. The molecule has 53 heavy (non-hydrogen) atoms. The molecule has 0 aliphatic carbocycles. The van der Waals surface area contributed by atoms with Crippen LogP contribution in [0.3, 0.4) is 0 Å². The molecule has 0 heterocycles. The Hall–Kier alpha value is -3.30. The molecule has 6 nitrogen and oxygen atoms in total. The van der Waals surface area contributed by atoms with Crippen molar-refractivity contribution in [1.29, 1.82) is 0 Å². The van der Waals surface area contributed by atoms with Gasteiger partial charge in [-0.2, -0.15) is 0 Å². The van der Waals surface area contributed by atoms with Gasteiger partial charge in [-0.05, 0) is 30.7 Å². The molecule has 0 aliphatic rings. The van der Waals surface area contributed by atoms with E-state index in [2.05, 4.69) is 11.7 Å². The summed E-state index contributed by atoms with van der Waals surface area (Å²) >= 11 is 0. The lowest BCUT2D eigenvalue weighted by Gasteiger charge is -2.03. The molecule has 4 aromatic rings. The molecule has 0 saturated heterocycles. The van der Waals surface area contributed by atoms with E-state index in [4.69, 9.17) is 4.74 Å². The van der Waals surface area contributed by atoms with Gasteiger partial charge in [0.05, 0.1) is 9.79 Å². The molecule has 0 aromatic heterocycles. The first-order valence-corrected chi connectivity index (χ1v) is 22.7. The van der Waals surface area contributed by atoms with Gasteiger partial charge >= 0.3 is 0 Å². The van der Waals surface area contributed by atoms with Crippen LogP contribution in [-0.4, -0.2) is 57.3 Å². The maximum absolute atomic E-state index is 12.0. The van der Waals surface area contributed by atoms with E-state index in [1.807, 2.05) is 156 Å². The molecule has 0 bridgehead atoms. The van der Waals surface area contributed by atoms with E-state index in [-0.39, 0.29) is 0 Å². The van der Waals surface area contributed by atoms with E-state index in [0.717, 1.165) is 19.1 Å². The first-order chi connectivity index (χ1) is 25.5. The summed E-state index contributed by atoms with van der Waals surface area (Å²) in [6.45, 7) is 27.1. The molecule has 0 fully saturated rings. The third-order valence-electron chi connectivity index (χ3n) is 4.14. The van der Waals surface area contributed by atoms with Crippen molar-refractivity contribution in [2.45, 2.75) is 113 Å². The highest BCUT2D eigenvalue weighted by Gasteiger charge is 2.15. The molecule has 0 radical (unpaired) electrons. The van der Waals surface area contributed by atoms with Gasteiger partial charge in [-0.15, -0.1) is 0 Å². The molecule has 0 N–H and O–H groups in total. The van der Waals surface area contributed by atoms with Crippen LogP contribution in [0.25, 0.3) is 0 Å². The maximum Gasteiger partial charge on any atom is 0.206 e. The van der Waals surface area contributed by atoms with E-state index in [9.17, 15) is 16.8 Å². The van der Waals surface area contributed by atoms with Gasteiger partial charge in [-0.1, -0.05) is 206 Å². The molecule has 0 saturated carbocycles. The Bertz CT molecular complexity index is 1130. The summed E-state index contributed by atoms with van der Waals surface area (Å²) in [4.78, 5) is 0.660. The van der Waals surface area contributed by atoms with Crippen molar-refractivity contribution in [3.05, 3.63) is 133 Å². The summed E-state index contributed by atoms with van der Waals surface area (Å²) in [5, 5.41) is 0. The van der Waals surface area contributed by atoms with Crippen molar-refractivity contribution in [2.24, 2.45) is 0 Å². The molecule has 0 unspecified atom stereocenters. The molecule has 4 rings (SSSR count). The molecule has 8 heteroatoms. The maximum atomic E-state index is 12.0. The first kappa shape index (κ1) is 67.8. The van der Waals surface area contributed by atoms with Gasteiger partial charge in [-0.25, -0.2) is 16.8 Å². The van der Waals surface area contributed by atoms with E-state index in [1.54, 1.807) is 82.0 Å². The topological polar surface area (TPSA) is 86.7 Å². The Morgan fingerprint density at radius 1 is 0.415 bits per heavy atom. The van der Waals surface area contributed by atoms with Crippen LogP contribution in [0.2, 0.25) is 0 Å². The van der Waals surface area contributed by atoms with Crippen LogP contribution in [0.4, 0.5) is 0 Å². The number of benzene rings is 4. The van der Waals surface area contributed by atoms with E-state index >= 15 is 0 Å². The van der Waals surface area contributed by atoms with Gasteiger partial charge in [0, 0.05) is 40.4 Å². The fourth-order valence-electron chi connectivity index (χ4n) is 2.39. The Morgan fingerprint density at radius 3 is 0.717 bits per heavy atom. The predicted molar refractivity (Wildman–Crippen MR) is 240 cm³/mol. The average molecular weight is 783 g/mol. The summed E-state index contributed by atoms with van der Waals surface area (Å²) in [6.07, 6.45) is 4.74. The zero-order valence-electron chi connectivity index (χ0n) is 37.1. The molecule has 0 aliphatic heterocycles. The van der Waals surface area contributed by atoms with Crippen LogP contribution in [0.1, 0.15) is 103 Å². The van der Waals surface area contributed by atoms with E-state index in [0.29, 0.717) is 9.79 Å². The number of rotatable bonds is 5. The van der Waals surface area contributed by atoms with Crippen molar-refractivity contribution in [2.75, 3.05) is 40.4 Å². The van der Waals surface area contributed by atoms with E-state index in [1.165, 1.54) is 12.8 Å². The Kier molecular flexibility index (Phi) is 81.5. The third-order valence-corrected chi connectivity index (χ3v) is 5.93. The van der Waals surface area contributed by atoms with Gasteiger partial charge in [0.1, 0.15) is 9.84 Å². The fraction of sp³-hybridized carbons (Fsp3) is 0.467. The predicted octanol–water partition coefficient (Wildman–Crippen LogP) is 13.4. The van der Waals surface area contributed by atoms with Gasteiger partial charge in [-0.3, -0.25) is 0 Å². The van der Waals surface area contributed by atoms with Crippen LogP contribution in [0.5, 0.6) is 0 Å². The number of hydrogen-bond acceptors (Lipinski definition) is 6. The molecule has 4 aromatic carbocycles. The highest BCUT2D eigenvalue weighted by molar-refractivity contribution is 7.91. The lowest BCUT2D eigenvalue weighted by molar-refractivity contribution is 0.194. The standard InChI is InChI=1S/C12H10O2S.2C6H6.C5H12O.C2H6O2S.C2H6O.6C2H6/c13-15(14,11-7-3-1-4-8-11)12-9-5-2-6-10-12;2*1-2-4-6-5-3-1;1-3-4-5-6-2;1-5(2,3)4;1-3-2;6*1-2/h1-10H;2*1-6H;3-5H2,1-2H3;1-2H3;1-2H3;6*1-2H3. The number of sulfone groups is 2. The lowest BCUT2D eigenvalue weighted by atomic mass is 10.4. The summed E-state index contributed by atoms with van der Waals surface area (Å²) < 4.78 is 52.4. The normalized spacial score (nSPS) is 8.11. The summed E-state index contributed by atoms with van der Waals surface area (Å²) in [6, 6.07) is 40.9. The number of methoxy groups -OCH3 is 2. The van der Waals surface area contributed by atoms with Gasteiger partial charge in [0.25, 0.3) is 0 Å². The molecule has 0 amide bonds. The van der Waals surface area contributed by atoms with Crippen molar-refractivity contribution >= 4 is 19.7 Å². The zero-order valence-corrected chi connectivity index (χ0v) is 38.7. The van der Waals surface area contributed by atoms with Crippen LogP contribution in [-0.2, 0) is 29.1 Å². The quantitative estimate of drug-likeness (QED) is 0.187. The minimum Gasteiger partial charge on any atom is -0.388 e. The van der Waals surface area contributed by atoms with Gasteiger partial charge in [0.2, 0.25) is 9.84 Å². The summed E-state index contributed by atoms with van der Waals surface area (Å²) in [5.74, 6) is 0. The lowest BCUT2D eigenvalue weighted by Crippen LogP contribution is -2.00. The summed E-state index contributed by atoms with van der Waals surface area (Å²) in [7, 11) is -1.02. The molecule has 310 valence electrons. The minimum atomic E-state index is -3.34. The monoisotopic (exact) mass is 783 g/mol. The second-order valence-electron chi connectivity index (χ2n) is 8.34. The fourth-order valence-corrected chi connectivity index (χ4v) is 3.70. The molecular formula is C45H82O6S2. The molecular weight excluding hydrogens is 701 g/mol. The largest absolute Gasteiger partial charge is 0.388 e. The number of unbranched alkanes of at least 4 members (excludes halogenated alkanes) is 1. The number of hydrogen-bond donors (Lipinski definition) is 0. The third kappa shape index (κ3) is 67.4. The van der Waals surface area contributed by atoms with Crippen LogP contribution < -0.4 is 0 Å². The second kappa shape index (κ2) is 63.7. The molecule has 0 spiro atoms. The highest BCUT2D eigenvalue weighted by atomic mass is 32.2. The van der Waals surface area contributed by atoms with E-state index < -0.39 is 19.7 Å². The SMILES string of the molecule is CC.CC.CC.CC.CC.CC.CCCCOC.COC.CS(C)(=O)=O.O=S(=O)(c1ccccc1)c1ccccc1.c1ccccc1.c1ccccc1. The van der Waals surface area contributed by atoms with Gasteiger partial charge < -0.3 is 9.47 Å². The summed E-state index contributed by atoms with van der Waals surface area (Å²) in [5.41, 5.74) is 0. The van der Waals surface area contributed by atoms with Crippen molar-refractivity contribution in [3.63, 3.8) is 0 Å². The molecule has 0 atom stereocenters. The van der Waals surface area contributed by atoms with Crippen LogP contribution in [0, 0.1) is 0 Å². The Labute approximate surface area is 331 Å². The van der Waals surface area contributed by atoms with Crippen molar-refractivity contribution in [3.8, 4) is 0 Å². The van der Waals surface area contributed by atoms with Crippen LogP contribution in [0.15, 0.2) is 143 Å². The highest BCUT2D eigenvalue weighted by Crippen LogP contribution is 2.19. The first-order valence-electron chi connectivity index (χ1n) is 18.9. The van der Waals surface area contributed by atoms with Crippen molar-refractivity contribution in [1.82, 2.24) is 0 Å². The zero-order chi connectivity index (χ0) is 43.2. The minimum absolute atomic E-state index is 0.330.